The lowest BCUT2D eigenvalue weighted by molar-refractivity contribution is -0.131. The number of rotatable bonds is 8. The second-order valence-corrected chi connectivity index (χ2v) is 4.38. The second-order valence-electron chi connectivity index (χ2n) is 4.38. The molecule has 0 aliphatic heterocycles. The van der Waals surface area contributed by atoms with Crippen molar-refractivity contribution < 1.29 is 9.90 Å². The van der Waals surface area contributed by atoms with Crippen LogP contribution in [0.1, 0.15) is 59.3 Å². The Morgan fingerprint density at radius 3 is 2.25 bits per heavy atom. The van der Waals surface area contributed by atoms with E-state index in [0.29, 0.717) is 0 Å². The van der Waals surface area contributed by atoms with E-state index in [4.69, 9.17) is 5.11 Å². The highest BCUT2D eigenvalue weighted by Gasteiger charge is 1.94. The van der Waals surface area contributed by atoms with Gasteiger partial charge in [0.15, 0.2) is 0 Å². The van der Waals surface area contributed by atoms with Gasteiger partial charge in [-0.15, -0.1) is 0 Å². The monoisotopic (exact) mass is 224 g/mol. The molecular formula is C14H24O2. The van der Waals surface area contributed by atoms with Gasteiger partial charge in [-0.2, -0.15) is 0 Å². The number of hydrogen-bond donors (Lipinski definition) is 1. The van der Waals surface area contributed by atoms with Gasteiger partial charge in [-0.05, 0) is 32.3 Å². The Hall–Kier alpha value is -1.05. The average Bonchev–Trinajstić information content (AvgIpc) is 2.15. The van der Waals surface area contributed by atoms with Crippen LogP contribution < -0.4 is 0 Å². The first-order valence-electron chi connectivity index (χ1n) is 6.14. The molecule has 0 unspecified atom stereocenters. The number of hydrogen-bond acceptors (Lipinski definition) is 1. The highest BCUT2D eigenvalue weighted by atomic mass is 16.4. The van der Waals surface area contributed by atoms with Crippen LogP contribution in [0.3, 0.4) is 0 Å². The molecule has 0 aromatic carbocycles. The molecule has 92 valence electrons. The summed E-state index contributed by atoms with van der Waals surface area (Å²) < 4.78 is 0. The summed E-state index contributed by atoms with van der Waals surface area (Å²) in [6, 6.07) is 0. The standard InChI is InChI=1S/C14H24O2/c1-4-5-6-7-8-9-12(2)10-13(3)11-14(15)16/h10-11H,4-9H2,1-3H3,(H,15,16)/b12-10+,13-11+. The first-order valence-corrected chi connectivity index (χ1v) is 6.14. The molecule has 0 aromatic rings. The van der Waals surface area contributed by atoms with Crippen molar-refractivity contribution in [3.05, 3.63) is 23.3 Å². The Morgan fingerprint density at radius 1 is 1.06 bits per heavy atom. The molecule has 2 heteroatoms. The molecule has 0 saturated carbocycles. The minimum atomic E-state index is -0.871. The summed E-state index contributed by atoms with van der Waals surface area (Å²) in [5.41, 5.74) is 2.09. The van der Waals surface area contributed by atoms with Crippen LogP contribution in [-0.4, -0.2) is 11.1 Å². The fourth-order valence-electron chi connectivity index (χ4n) is 1.70. The topological polar surface area (TPSA) is 37.3 Å². The van der Waals surface area contributed by atoms with Gasteiger partial charge in [0, 0.05) is 6.08 Å². The Morgan fingerprint density at radius 2 is 1.69 bits per heavy atom. The van der Waals surface area contributed by atoms with Crippen LogP contribution in [0.15, 0.2) is 23.3 Å². The zero-order chi connectivity index (χ0) is 12.4. The maximum atomic E-state index is 10.4. The van der Waals surface area contributed by atoms with Crippen LogP contribution in [0.25, 0.3) is 0 Å². The number of carboxylic acids is 1. The number of carbonyl (C=O) groups is 1. The smallest absolute Gasteiger partial charge is 0.328 e. The third kappa shape index (κ3) is 9.50. The maximum absolute atomic E-state index is 10.4. The van der Waals surface area contributed by atoms with E-state index >= 15 is 0 Å². The minimum absolute atomic E-state index is 0.818. The van der Waals surface area contributed by atoms with Crippen molar-refractivity contribution in [3.63, 3.8) is 0 Å². The van der Waals surface area contributed by atoms with E-state index in [1.807, 2.05) is 13.0 Å². The molecule has 0 spiro atoms. The van der Waals surface area contributed by atoms with Crippen molar-refractivity contribution >= 4 is 5.97 Å². The van der Waals surface area contributed by atoms with E-state index in [1.165, 1.54) is 43.8 Å². The Bertz CT molecular complexity index is 262. The predicted octanol–water partition coefficient (Wildman–Crippen LogP) is 4.32. The maximum Gasteiger partial charge on any atom is 0.328 e. The first kappa shape index (κ1) is 14.9. The van der Waals surface area contributed by atoms with Crippen LogP contribution in [0, 0.1) is 0 Å². The van der Waals surface area contributed by atoms with Crippen LogP contribution in [-0.2, 0) is 4.79 Å². The number of aliphatic carboxylic acids is 1. The van der Waals surface area contributed by atoms with Crippen LogP contribution in [0.5, 0.6) is 0 Å². The number of carboxylic acid groups (broad SMARTS) is 1. The molecule has 0 aromatic heterocycles. The van der Waals surface area contributed by atoms with E-state index in [9.17, 15) is 4.79 Å². The van der Waals surface area contributed by atoms with Gasteiger partial charge >= 0.3 is 5.97 Å². The molecule has 0 fully saturated rings. The summed E-state index contributed by atoms with van der Waals surface area (Å²) in [5, 5.41) is 8.56. The molecule has 0 aliphatic rings. The van der Waals surface area contributed by atoms with E-state index in [-0.39, 0.29) is 0 Å². The van der Waals surface area contributed by atoms with Gasteiger partial charge < -0.3 is 5.11 Å². The van der Waals surface area contributed by atoms with Gasteiger partial charge in [0.25, 0.3) is 0 Å². The number of unbranched alkanes of at least 4 members (excludes halogenated alkanes) is 4. The molecule has 0 heterocycles. The molecule has 0 saturated heterocycles. The summed E-state index contributed by atoms with van der Waals surface area (Å²) in [6.07, 6.45) is 10.7. The second kappa shape index (κ2) is 9.20. The molecule has 0 rings (SSSR count). The fourth-order valence-corrected chi connectivity index (χ4v) is 1.70. The largest absolute Gasteiger partial charge is 0.478 e. The minimum Gasteiger partial charge on any atom is -0.478 e. The van der Waals surface area contributed by atoms with Crippen molar-refractivity contribution in [1.82, 2.24) is 0 Å². The molecule has 1 N–H and O–H groups in total. The predicted molar refractivity (Wildman–Crippen MR) is 68.5 cm³/mol. The van der Waals surface area contributed by atoms with Gasteiger partial charge in [-0.3, -0.25) is 0 Å². The average molecular weight is 224 g/mol. The normalized spacial score (nSPS) is 12.9. The Balaban J connectivity index is 3.83. The molecule has 16 heavy (non-hydrogen) atoms. The van der Waals surface area contributed by atoms with Crippen LogP contribution >= 0.6 is 0 Å². The lowest BCUT2D eigenvalue weighted by Crippen LogP contribution is -1.89. The van der Waals surface area contributed by atoms with Gasteiger partial charge in [0.05, 0.1) is 0 Å². The highest BCUT2D eigenvalue weighted by molar-refractivity contribution is 5.81. The van der Waals surface area contributed by atoms with Crippen molar-refractivity contribution in [2.75, 3.05) is 0 Å². The first-order chi connectivity index (χ1) is 7.56. The van der Waals surface area contributed by atoms with Crippen LogP contribution in [0.4, 0.5) is 0 Å². The third-order valence-electron chi connectivity index (χ3n) is 2.50. The summed E-state index contributed by atoms with van der Waals surface area (Å²) in [4.78, 5) is 10.4. The van der Waals surface area contributed by atoms with Gasteiger partial charge in [-0.25, -0.2) is 4.79 Å². The fraction of sp³-hybridized carbons (Fsp3) is 0.643. The van der Waals surface area contributed by atoms with Gasteiger partial charge in [0.1, 0.15) is 0 Å². The SMILES string of the molecule is CCCCCCC/C(C)=C/C(C)=C/C(=O)O. The zero-order valence-corrected chi connectivity index (χ0v) is 10.8. The molecule has 0 atom stereocenters. The van der Waals surface area contributed by atoms with Crippen molar-refractivity contribution in [1.29, 1.82) is 0 Å². The third-order valence-corrected chi connectivity index (χ3v) is 2.50. The summed E-state index contributed by atoms with van der Waals surface area (Å²) in [6.45, 7) is 6.11. The Labute approximate surface area is 99.1 Å². The van der Waals surface area contributed by atoms with E-state index in [1.54, 1.807) is 0 Å². The highest BCUT2D eigenvalue weighted by Crippen LogP contribution is 2.12. The number of allylic oxidation sites excluding steroid dienone is 3. The molecule has 0 radical (unpaired) electrons. The van der Waals surface area contributed by atoms with Crippen molar-refractivity contribution in [3.8, 4) is 0 Å². The Kier molecular flexibility index (Phi) is 8.59. The lowest BCUT2D eigenvalue weighted by Gasteiger charge is -2.01. The van der Waals surface area contributed by atoms with Gasteiger partial charge in [-0.1, -0.05) is 44.3 Å². The quantitative estimate of drug-likeness (QED) is 0.378. The van der Waals surface area contributed by atoms with E-state index < -0.39 is 5.97 Å². The van der Waals surface area contributed by atoms with Gasteiger partial charge in [0.2, 0.25) is 0 Å². The molecular weight excluding hydrogens is 200 g/mol. The molecule has 0 amide bonds. The van der Waals surface area contributed by atoms with E-state index in [0.717, 1.165) is 12.0 Å². The van der Waals surface area contributed by atoms with E-state index in [2.05, 4.69) is 13.8 Å². The summed E-state index contributed by atoms with van der Waals surface area (Å²) in [5.74, 6) is -0.871. The summed E-state index contributed by atoms with van der Waals surface area (Å²) in [7, 11) is 0. The molecule has 0 bridgehead atoms. The molecule has 0 aliphatic carbocycles. The lowest BCUT2D eigenvalue weighted by atomic mass is 10.0. The van der Waals surface area contributed by atoms with Crippen molar-refractivity contribution in [2.24, 2.45) is 0 Å². The van der Waals surface area contributed by atoms with Crippen molar-refractivity contribution in [2.45, 2.75) is 59.3 Å². The molecule has 2 nitrogen and oxygen atoms in total. The summed E-state index contributed by atoms with van der Waals surface area (Å²) >= 11 is 0. The van der Waals surface area contributed by atoms with Crippen LogP contribution in [0.2, 0.25) is 0 Å². The zero-order valence-electron chi connectivity index (χ0n) is 10.8.